The lowest BCUT2D eigenvalue weighted by Gasteiger charge is -2.26. The summed E-state index contributed by atoms with van der Waals surface area (Å²) in [5.41, 5.74) is 0.932. The summed E-state index contributed by atoms with van der Waals surface area (Å²) in [6.45, 7) is 5.67. The van der Waals surface area contributed by atoms with E-state index in [1.54, 1.807) is 0 Å². The largest absolute Gasteiger partial charge is 0.501 e. The number of nitrogens with zero attached hydrogens (tertiary/aromatic N) is 1. The van der Waals surface area contributed by atoms with Gasteiger partial charge >= 0.3 is 5.51 Å². The fourth-order valence-corrected chi connectivity index (χ4v) is 2.60. The number of benzene rings is 1. The Kier molecular flexibility index (Phi) is 5.63. The SMILES string of the molecule is CCN(CC(C)CN)c1ccc(S(=O)(=O)C(F)(F)F)cc1. The molecular formula is C13H19F3N2O2S. The van der Waals surface area contributed by atoms with Crippen LogP contribution in [0.2, 0.25) is 0 Å². The third-order valence-corrected chi connectivity index (χ3v) is 4.64. The summed E-state index contributed by atoms with van der Waals surface area (Å²) in [6.07, 6.45) is 0. The molecule has 0 fully saturated rings. The third-order valence-electron chi connectivity index (χ3n) is 3.13. The van der Waals surface area contributed by atoms with E-state index in [0.717, 1.165) is 12.1 Å². The summed E-state index contributed by atoms with van der Waals surface area (Å²) in [6, 6.07) is 4.72. The van der Waals surface area contributed by atoms with Gasteiger partial charge in [0, 0.05) is 18.8 Å². The molecule has 0 heterocycles. The van der Waals surface area contributed by atoms with E-state index in [4.69, 9.17) is 5.73 Å². The zero-order valence-electron chi connectivity index (χ0n) is 11.9. The van der Waals surface area contributed by atoms with Crippen molar-refractivity contribution >= 4 is 15.5 Å². The zero-order valence-corrected chi connectivity index (χ0v) is 12.7. The van der Waals surface area contributed by atoms with Crippen molar-refractivity contribution in [2.24, 2.45) is 11.7 Å². The van der Waals surface area contributed by atoms with Gasteiger partial charge in [0.05, 0.1) is 4.90 Å². The molecule has 0 saturated carbocycles. The molecule has 21 heavy (non-hydrogen) atoms. The van der Waals surface area contributed by atoms with Gasteiger partial charge in [0.25, 0.3) is 9.84 Å². The molecule has 0 amide bonds. The van der Waals surface area contributed by atoms with Crippen LogP contribution >= 0.6 is 0 Å². The van der Waals surface area contributed by atoms with Crippen LogP contribution in [-0.2, 0) is 9.84 Å². The molecule has 1 unspecified atom stereocenters. The van der Waals surface area contributed by atoms with Gasteiger partial charge in [-0.1, -0.05) is 6.92 Å². The van der Waals surface area contributed by atoms with Gasteiger partial charge in [-0.05, 0) is 43.7 Å². The van der Waals surface area contributed by atoms with Crippen molar-refractivity contribution in [2.45, 2.75) is 24.3 Å². The van der Waals surface area contributed by atoms with E-state index >= 15 is 0 Å². The normalized spacial score (nSPS) is 14.0. The molecule has 0 aliphatic rings. The zero-order chi connectivity index (χ0) is 16.3. The number of rotatable bonds is 6. The molecule has 0 aromatic heterocycles. The molecule has 1 aromatic carbocycles. The monoisotopic (exact) mass is 324 g/mol. The Morgan fingerprint density at radius 2 is 1.76 bits per heavy atom. The lowest BCUT2D eigenvalue weighted by atomic mass is 10.1. The van der Waals surface area contributed by atoms with Gasteiger partial charge in [-0.15, -0.1) is 0 Å². The second-order valence-corrected chi connectivity index (χ2v) is 6.76. The number of nitrogens with two attached hydrogens (primary N) is 1. The quantitative estimate of drug-likeness (QED) is 0.873. The van der Waals surface area contributed by atoms with Crippen LogP contribution in [0.25, 0.3) is 0 Å². The summed E-state index contributed by atoms with van der Waals surface area (Å²) in [5.74, 6) is 0.225. The summed E-state index contributed by atoms with van der Waals surface area (Å²) < 4.78 is 59.9. The van der Waals surface area contributed by atoms with Crippen molar-refractivity contribution in [3.05, 3.63) is 24.3 Å². The molecular weight excluding hydrogens is 305 g/mol. The number of halogens is 3. The summed E-state index contributed by atoms with van der Waals surface area (Å²) in [7, 11) is -5.29. The third kappa shape index (κ3) is 4.10. The van der Waals surface area contributed by atoms with Gasteiger partial charge < -0.3 is 10.6 Å². The van der Waals surface area contributed by atoms with Gasteiger partial charge in [0.15, 0.2) is 0 Å². The van der Waals surface area contributed by atoms with E-state index in [2.05, 4.69) is 0 Å². The van der Waals surface area contributed by atoms with Gasteiger partial charge in [-0.3, -0.25) is 0 Å². The molecule has 0 saturated heterocycles. The fourth-order valence-electron chi connectivity index (χ4n) is 1.84. The Balaban J connectivity index is 3.02. The molecule has 0 radical (unpaired) electrons. The van der Waals surface area contributed by atoms with E-state index in [1.807, 2.05) is 18.7 Å². The molecule has 0 spiro atoms. The van der Waals surface area contributed by atoms with Crippen LogP contribution in [-0.4, -0.2) is 33.6 Å². The van der Waals surface area contributed by atoms with Crippen molar-refractivity contribution in [1.82, 2.24) is 0 Å². The van der Waals surface area contributed by atoms with Crippen LogP contribution in [0.3, 0.4) is 0 Å². The maximum atomic E-state index is 12.4. The van der Waals surface area contributed by atoms with E-state index in [-0.39, 0.29) is 5.92 Å². The first kappa shape index (κ1) is 17.8. The van der Waals surface area contributed by atoms with Crippen LogP contribution in [0.5, 0.6) is 0 Å². The molecule has 1 aromatic rings. The Bertz CT molecular complexity index is 556. The first-order valence-electron chi connectivity index (χ1n) is 6.50. The molecule has 1 rings (SSSR count). The molecule has 1 atom stereocenters. The highest BCUT2D eigenvalue weighted by Gasteiger charge is 2.46. The van der Waals surface area contributed by atoms with Crippen molar-refractivity contribution < 1.29 is 21.6 Å². The molecule has 8 heteroatoms. The Hall–Kier alpha value is -1.28. The predicted octanol–water partition coefficient (Wildman–Crippen LogP) is 2.40. The van der Waals surface area contributed by atoms with Gasteiger partial charge in [-0.2, -0.15) is 13.2 Å². The number of sulfone groups is 1. The number of anilines is 1. The van der Waals surface area contributed by atoms with E-state index < -0.39 is 20.2 Å². The molecule has 0 aliphatic heterocycles. The topological polar surface area (TPSA) is 63.4 Å². The minimum atomic E-state index is -5.29. The maximum Gasteiger partial charge on any atom is 0.501 e. The highest BCUT2D eigenvalue weighted by Crippen LogP contribution is 2.31. The highest BCUT2D eigenvalue weighted by atomic mass is 32.2. The van der Waals surface area contributed by atoms with Crippen molar-refractivity contribution in [3.8, 4) is 0 Å². The Morgan fingerprint density at radius 3 is 2.14 bits per heavy atom. The van der Waals surface area contributed by atoms with Crippen LogP contribution in [0.15, 0.2) is 29.2 Å². The van der Waals surface area contributed by atoms with Gasteiger partial charge in [-0.25, -0.2) is 8.42 Å². The van der Waals surface area contributed by atoms with E-state index in [0.29, 0.717) is 25.3 Å². The standard InChI is InChI=1S/C13H19F3N2O2S/c1-3-18(9-10(2)8-17)11-4-6-12(7-5-11)21(19,20)13(14,15)16/h4-7,10H,3,8-9,17H2,1-2H3. The molecule has 0 bridgehead atoms. The average molecular weight is 324 g/mol. The first-order valence-corrected chi connectivity index (χ1v) is 7.98. The lowest BCUT2D eigenvalue weighted by molar-refractivity contribution is -0.0436. The van der Waals surface area contributed by atoms with Crippen molar-refractivity contribution in [2.75, 3.05) is 24.5 Å². The Labute approximate surface area is 122 Å². The molecule has 2 N–H and O–H groups in total. The maximum absolute atomic E-state index is 12.4. The van der Waals surface area contributed by atoms with Crippen LogP contribution in [0.1, 0.15) is 13.8 Å². The predicted molar refractivity (Wildman–Crippen MR) is 75.8 cm³/mol. The van der Waals surface area contributed by atoms with Crippen LogP contribution in [0, 0.1) is 5.92 Å². The molecule has 0 aliphatic carbocycles. The highest BCUT2D eigenvalue weighted by molar-refractivity contribution is 7.92. The minimum absolute atomic E-state index is 0.225. The minimum Gasteiger partial charge on any atom is -0.371 e. The number of hydrogen-bond acceptors (Lipinski definition) is 4. The summed E-state index contributed by atoms with van der Waals surface area (Å²) in [4.78, 5) is 1.18. The lowest BCUT2D eigenvalue weighted by Crippen LogP contribution is -2.31. The summed E-state index contributed by atoms with van der Waals surface area (Å²) in [5, 5.41) is 0. The number of hydrogen-bond donors (Lipinski definition) is 1. The number of alkyl halides is 3. The first-order chi connectivity index (χ1) is 9.63. The van der Waals surface area contributed by atoms with Gasteiger partial charge in [0.1, 0.15) is 0 Å². The second-order valence-electron chi connectivity index (χ2n) is 4.82. The smallest absolute Gasteiger partial charge is 0.371 e. The Morgan fingerprint density at radius 1 is 1.24 bits per heavy atom. The van der Waals surface area contributed by atoms with E-state index in [1.165, 1.54) is 12.1 Å². The van der Waals surface area contributed by atoms with Crippen LogP contribution in [0.4, 0.5) is 18.9 Å². The van der Waals surface area contributed by atoms with E-state index in [9.17, 15) is 21.6 Å². The fraction of sp³-hybridized carbons (Fsp3) is 0.538. The molecule has 120 valence electrons. The van der Waals surface area contributed by atoms with Gasteiger partial charge in [0.2, 0.25) is 0 Å². The van der Waals surface area contributed by atoms with Crippen LogP contribution < -0.4 is 10.6 Å². The van der Waals surface area contributed by atoms with Crippen molar-refractivity contribution in [3.63, 3.8) is 0 Å². The molecule has 4 nitrogen and oxygen atoms in total. The summed E-state index contributed by atoms with van der Waals surface area (Å²) >= 11 is 0. The second kappa shape index (κ2) is 6.65. The van der Waals surface area contributed by atoms with Crippen molar-refractivity contribution in [1.29, 1.82) is 0 Å². The average Bonchev–Trinajstić information content (AvgIpc) is 2.43.